The Morgan fingerprint density at radius 2 is 2.21 bits per heavy atom. The van der Waals surface area contributed by atoms with E-state index in [0.29, 0.717) is 11.1 Å². The molecule has 76 valence electrons. The summed E-state index contributed by atoms with van der Waals surface area (Å²) in [6, 6.07) is 2.78. The van der Waals surface area contributed by atoms with E-state index in [4.69, 9.17) is 11.6 Å². The zero-order chi connectivity index (χ0) is 10.7. The minimum atomic E-state index is -0.474. The monoisotopic (exact) mass is 216 g/mol. The van der Waals surface area contributed by atoms with Crippen LogP contribution in [0.4, 0.5) is 4.39 Å². The van der Waals surface area contributed by atoms with Crippen molar-refractivity contribution in [2.75, 3.05) is 7.11 Å². The van der Waals surface area contributed by atoms with Gasteiger partial charge in [-0.3, -0.25) is 4.79 Å². The minimum absolute atomic E-state index is 0.0615. The lowest BCUT2D eigenvalue weighted by molar-refractivity contribution is -0.139. The molecule has 0 amide bonds. The van der Waals surface area contributed by atoms with E-state index in [9.17, 15) is 9.18 Å². The molecule has 0 saturated carbocycles. The highest BCUT2D eigenvalue weighted by molar-refractivity contribution is 6.31. The Balaban J connectivity index is 3.00. The lowest BCUT2D eigenvalue weighted by Gasteiger charge is -2.06. The Morgan fingerprint density at radius 1 is 1.57 bits per heavy atom. The first-order valence-corrected chi connectivity index (χ1v) is 4.44. The van der Waals surface area contributed by atoms with Gasteiger partial charge in [-0.05, 0) is 24.1 Å². The number of esters is 1. The molecule has 14 heavy (non-hydrogen) atoms. The molecule has 1 rings (SSSR count). The van der Waals surface area contributed by atoms with Crippen LogP contribution in [-0.2, 0) is 16.0 Å². The Kier molecular flexibility index (Phi) is 3.47. The van der Waals surface area contributed by atoms with Crippen LogP contribution in [0.5, 0.6) is 0 Å². The highest BCUT2D eigenvalue weighted by Crippen LogP contribution is 2.23. The van der Waals surface area contributed by atoms with Crippen molar-refractivity contribution in [2.45, 2.75) is 13.3 Å². The molecule has 0 heterocycles. The van der Waals surface area contributed by atoms with Crippen LogP contribution in [0.15, 0.2) is 12.1 Å². The molecule has 0 fully saturated rings. The van der Waals surface area contributed by atoms with Crippen molar-refractivity contribution >= 4 is 17.6 Å². The molecule has 0 aliphatic carbocycles. The minimum Gasteiger partial charge on any atom is -0.469 e. The number of halogens is 2. The fourth-order valence-electron chi connectivity index (χ4n) is 1.11. The number of hydrogen-bond acceptors (Lipinski definition) is 2. The van der Waals surface area contributed by atoms with Gasteiger partial charge >= 0.3 is 5.97 Å². The standard InChI is InChI=1S/C10H10ClFO2/c1-6-7(5-9(13)14-2)3-4-8(12)10(6)11/h3-4H,5H2,1-2H3. The van der Waals surface area contributed by atoms with Crippen molar-refractivity contribution in [1.82, 2.24) is 0 Å². The third-order valence-corrected chi connectivity index (χ3v) is 2.48. The van der Waals surface area contributed by atoms with Gasteiger partial charge in [-0.1, -0.05) is 17.7 Å². The molecule has 0 aliphatic heterocycles. The number of rotatable bonds is 2. The van der Waals surface area contributed by atoms with Crippen molar-refractivity contribution in [3.63, 3.8) is 0 Å². The van der Waals surface area contributed by atoms with E-state index in [1.165, 1.54) is 19.2 Å². The molecule has 0 atom stereocenters. The number of ether oxygens (including phenoxy) is 1. The van der Waals surface area contributed by atoms with Gasteiger partial charge in [0.1, 0.15) is 5.82 Å². The van der Waals surface area contributed by atoms with E-state index in [2.05, 4.69) is 4.74 Å². The van der Waals surface area contributed by atoms with E-state index in [0.717, 1.165) is 0 Å². The summed E-state index contributed by atoms with van der Waals surface area (Å²) in [6.45, 7) is 1.67. The summed E-state index contributed by atoms with van der Waals surface area (Å²) < 4.78 is 17.4. The Bertz CT molecular complexity index is 363. The molecule has 2 nitrogen and oxygen atoms in total. The molecule has 0 aliphatic rings. The predicted octanol–water partition coefficient (Wildman–Crippen LogP) is 2.50. The van der Waals surface area contributed by atoms with Crippen molar-refractivity contribution in [3.8, 4) is 0 Å². The molecular weight excluding hydrogens is 207 g/mol. The molecule has 0 N–H and O–H groups in total. The zero-order valence-electron chi connectivity index (χ0n) is 7.93. The van der Waals surface area contributed by atoms with E-state index in [1.807, 2.05) is 0 Å². The average molecular weight is 217 g/mol. The van der Waals surface area contributed by atoms with Crippen molar-refractivity contribution in [3.05, 3.63) is 34.1 Å². The van der Waals surface area contributed by atoms with Crippen LogP contribution >= 0.6 is 11.6 Å². The molecule has 0 aromatic heterocycles. The lowest BCUT2D eigenvalue weighted by atomic mass is 10.1. The van der Waals surface area contributed by atoms with Gasteiger partial charge in [-0.2, -0.15) is 0 Å². The van der Waals surface area contributed by atoms with Gasteiger partial charge in [0.2, 0.25) is 0 Å². The summed E-state index contributed by atoms with van der Waals surface area (Å²) >= 11 is 5.68. The number of hydrogen-bond donors (Lipinski definition) is 0. The highest BCUT2D eigenvalue weighted by atomic mass is 35.5. The molecule has 0 saturated heterocycles. The van der Waals surface area contributed by atoms with E-state index in [-0.39, 0.29) is 17.4 Å². The first-order valence-electron chi connectivity index (χ1n) is 4.06. The fourth-order valence-corrected chi connectivity index (χ4v) is 1.30. The molecule has 0 radical (unpaired) electrons. The molecule has 1 aromatic carbocycles. The van der Waals surface area contributed by atoms with Crippen LogP contribution < -0.4 is 0 Å². The summed E-state index contributed by atoms with van der Waals surface area (Å²) in [5.41, 5.74) is 1.26. The maximum atomic E-state index is 12.9. The average Bonchev–Trinajstić information content (AvgIpc) is 2.19. The molecule has 0 unspecified atom stereocenters. The van der Waals surface area contributed by atoms with Crippen LogP contribution in [0.25, 0.3) is 0 Å². The molecule has 4 heteroatoms. The zero-order valence-corrected chi connectivity index (χ0v) is 8.69. The predicted molar refractivity (Wildman–Crippen MR) is 51.9 cm³/mol. The van der Waals surface area contributed by atoms with Gasteiger partial charge in [0.15, 0.2) is 0 Å². The summed E-state index contributed by atoms with van der Waals surface area (Å²) in [7, 11) is 1.31. The quantitative estimate of drug-likeness (QED) is 0.710. The Morgan fingerprint density at radius 3 is 2.79 bits per heavy atom. The molecule has 0 bridgehead atoms. The van der Waals surface area contributed by atoms with Crippen LogP contribution in [0.1, 0.15) is 11.1 Å². The van der Waals surface area contributed by atoms with Gasteiger partial charge in [0.05, 0.1) is 18.6 Å². The van der Waals surface area contributed by atoms with Gasteiger partial charge < -0.3 is 4.74 Å². The maximum Gasteiger partial charge on any atom is 0.309 e. The van der Waals surface area contributed by atoms with Crippen molar-refractivity contribution in [2.24, 2.45) is 0 Å². The second-order valence-electron chi connectivity index (χ2n) is 2.90. The van der Waals surface area contributed by atoms with Crippen LogP contribution in [0.3, 0.4) is 0 Å². The van der Waals surface area contributed by atoms with E-state index < -0.39 is 5.82 Å². The largest absolute Gasteiger partial charge is 0.469 e. The van der Waals surface area contributed by atoms with Crippen LogP contribution in [0.2, 0.25) is 5.02 Å². The second-order valence-corrected chi connectivity index (χ2v) is 3.28. The first kappa shape index (κ1) is 11.0. The third-order valence-electron chi connectivity index (χ3n) is 2.01. The second kappa shape index (κ2) is 4.42. The summed E-state index contributed by atoms with van der Waals surface area (Å²) in [6.07, 6.45) is 0.113. The number of carbonyl (C=O) groups is 1. The Hall–Kier alpha value is -1.09. The Labute approximate surface area is 86.6 Å². The third kappa shape index (κ3) is 2.23. The van der Waals surface area contributed by atoms with Gasteiger partial charge in [0, 0.05) is 0 Å². The summed E-state index contributed by atoms with van der Waals surface area (Å²) in [5, 5.41) is 0.0615. The van der Waals surface area contributed by atoms with Crippen LogP contribution in [0, 0.1) is 12.7 Å². The molecular formula is C10H10ClFO2. The molecule has 0 spiro atoms. The number of benzene rings is 1. The van der Waals surface area contributed by atoms with Gasteiger partial charge in [0.25, 0.3) is 0 Å². The SMILES string of the molecule is COC(=O)Cc1ccc(F)c(Cl)c1C. The van der Waals surface area contributed by atoms with E-state index >= 15 is 0 Å². The first-order chi connectivity index (χ1) is 6.56. The number of carbonyl (C=O) groups excluding carboxylic acids is 1. The van der Waals surface area contributed by atoms with Crippen molar-refractivity contribution < 1.29 is 13.9 Å². The van der Waals surface area contributed by atoms with Crippen molar-refractivity contribution in [1.29, 1.82) is 0 Å². The fraction of sp³-hybridized carbons (Fsp3) is 0.300. The topological polar surface area (TPSA) is 26.3 Å². The lowest BCUT2D eigenvalue weighted by Crippen LogP contribution is -2.06. The van der Waals surface area contributed by atoms with Gasteiger partial charge in [-0.25, -0.2) is 4.39 Å². The number of methoxy groups -OCH3 is 1. The van der Waals surface area contributed by atoms with Crippen LogP contribution in [-0.4, -0.2) is 13.1 Å². The summed E-state index contributed by atoms with van der Waals surface area (Å²) in [5.74, 6) is -0.839. The summed E-state index contributed by atoms with van der Waals surface area (Å²) in [4.78, 5) is 11.0. The maximum absolute atomic E-state index is 12.9. The van der Waals surface area contributed by atoms with E-state index in [1.54, 1.807) is 6.92 Å². The smallest absolute Gasteiger partial charge is 0.309 e. The van der Waals surface area contributed by atoms with Gasteiger partial charge in [-0.15, -0.1) is 0 Å². The normalized spacial score (nSPS) is 10.0. The highest BCUT2D eigenvalue weighted by Gasteiger charge is 2.10. The molecule has 1 aromatic rings.